The number of nitrogens with one attached hydrogen (secondary N) is 1. The van der Waals surface area contributed by atoms with Crippen LogP contribution in [0.3, 0.4) is 0 Å². The number of para-hydroxylation sites is 1. The van der Waals surface area contributed by atoms with Crippen molar-refractivity contribution in [2.75, 3.05) is 39.8 Å². The number of ether oxygens (including phenoxy) is 1. The van der Waals surface area contributed by atoms with Crippen molar-refractivity contribution in [2.24, 2.45) is 5.41 Å². The van der Waals surface area contributed by atoms with Crippen molar-refractivity contribution >= 4 is 21.8 Å². The van der Waals surface area contributed by atoms with Crippen LogP contribution in [0.5, 0.6) is 5.75 Å². The van der Waals surface area contributed by atoms with Crippen LogP contribution in [0.4, 0.5) is 0 Å². The number of carbonyl (C=O) groups is 2. The summed E-state index contributed by atoms with van der Waals surface area (Å²) in [7, 11) is -2.47. The number of likely N-dealkylation sites (N-methyl/N-ethyl adjacent to an activating group) is 1. The third kappa shape index (κ3) is 4.15. The molecule has 1 spiro atoms. The molecule has 0 atom stereocenters. The number of rotatable bonds is 3. The average molecular weight is 449 g/mol. The van der Waals surface area contributed by atoms with Crippen molar-refractivity contribution in [3.8, 4) is 5.75 Å². The number of aromatic nitrogens is 1. The first-order chi connectivity index (χ1) is 14.8. The van der Waals surface area contributed by atoms with Crippen LogP contribution in [0.1, 0.15) is 23.4 Å². The Kier molecular flexibility index (Phi) is 5.71. The van der Waals surface area contributed by atoms with E-state index in [-0.39, 0.29) is 42.0 Å². The number of carbonyl (C=O) groups excluding carboxylic acids is 2. The van der Waals surface area contributed by atoms with E-state index in [1.54, 1.807) is 23.1 Å². The molecule has 10 nitrogen and oxygen atoms in total. The Morgan fingerprint density at radius 1 is 1.19 bits per heavy atom. The minimum absolute atomic E-state index is 0.0479. The van der Waals surface area contributed by atoms with E-state index in [0.29, 0.717) is 25.9 Å². The molecule has 0 bridgehead atoms. The third-order valence-corrected chi connectivity index (χ3v) is 7.70. The normalized spacial score (nSPS) is 20.2. The van der Waals surface area contributed by atoms with Crippen LogP contribution in [-0.2, 0) is 14.8 Å². The summed E-state index contributed by atoms with van der Waals surface area (Å²) in [6.45, 7) is 0.960. The molecule has 1 saturated heterocycles. The fraction of sp³-hybridized carbons (Fsp3) is 0.450. The van der Waals surface area contributed by atoms with Gasteiger partial charge in [-0.2, -0.15) is 4.31 Å². The Bertz CT molecular complexity index is 1060. The monoisotopic (exact) mass is 448 g/mol. The van der Waals surface area contributed by atoms with E-state index in [2.05, 4.69) is 10.5 Å². The lowest BCUT2D eigenvalue weighted by atomic mass is 9.78. The number of fused-ring (bicyclic) bond motifs is 1. The van der Waals surface area contributed by atoms with Gasteiger partial charge in [0.25, 0.3) is 5.91 Å². The first kappa shape index (κ1) is 21.3. The number of benzene rings is 1. The van der Waals surface area contributed by atoms with Gasteiger partial charge in [0.05, 0.1) is 19.3 Å². The van der Waals surface area contributed by atoms with Crippen molar-refractivity contribution in [2.45, 2.75) is 17.7 Å². The molecule has 2 amide bonds. The maximum atomic E-state index is 13.4. The standard InChI is InChI=1S/C20H24N4O6S/c1-21-18(25)12-24-13-20(14-29-15-4-2-3-5-17(15)31(24,27)28)7-10-23(11-8-20)19(26)16-6-9-22-30-16/h2-6,9H,7-8,10-14H2,1H3,(H,21,25). The van der Waals surface area contributed by atoms with Crippen LogP contribution >= 0.6 is 0 Å². The first-order valence-corrected chi connectivity index (χ1v) is 11.4. The average Bonchev–Trinajstić information content (AvgIpc) is 3.32. The predicted molar refractivity (Wildman–Crippen MR) is 109 cm³/mol. The number of piperidine rings is 1. The minimum Gasteiger partial charge on any atom is -0.492 e. The molecule has 3 heterocycles. The van der Waals surface area contributed by atoms with Gasteiger partial charge < -0.3 is 19.5 Å². The smallest absolute Gasteiger partial charge is 0.292 e. The second kappa shape index (κ2) is 8.31. The lowest BCUT2D eigenvalue weighted by Gasteiger charge is -2.44. The third-order valence-electron chi connectivity index (χ3n) is 5.87. The molecule has 1 aromatic carbocycles. The highest BCUT2D eigenvalue weighted by Crippen LogP contribution is 2.39. The van der Waals surface area contributed by atoms with Gasteiger partial charge in [0.1, 0.15) is 10.6 Å². The van der Waals surface area contributed by atoms with E-state index in [4.69, 9.17) is 9.26 Å². The lowest BCUT2D eigenvalue weighted by Crippen LogP contribution is -2.53. The lowest BCUT2D eigenvalue weighted by molar-refractivity contribution is -0.121. The highest BCUT2D eigenvalue weighted by molar-refractivity contribution is 7.89. The van der Waals surface area contributed by atoms with Crippen LogP contribution in [0.15, 0.2) is 45.9 Å². The Labute approximate surface area is 180 Å². The second-order valence-corrected chi connectivity index (χ2v) is 9.76. The Balaban J connectivity index is 1.61. The number of likely N-dealkylation sites (tertiary alicyclic amines) is 1. The van der Waals surface area contributed by atoms with E-state index in [0.717, 1.165) is 0 Å². The SMILES string of the molecule is CNC(=O)CN1CC2(CCN(C(=O)c3ccno3)CC2)COc2ccccc2S1(=O)=O. The molecular weight excluding hydrogens is 424 g/mol. The number of sulfonamides is 1. The quantitative estimate of drug-likeness (QED) is 0.734. The zero-order chi connectivity index (χ0) is 22.1. The molecule has 1 N–H and O–H groups in total. The van der Waals surface area contributed by atoms with Gasteiger partial charge in [-0.25, -0.2) is 8.42 Å². The number of nitrogens with zero attached hydrogens (tertiary/aromatic N) is 3. The van der Waals surface area contributed by atoms with E-state index < -0.39 is 21.3 Å². The molecule has 4 rings (SSSR count). The molecule has 2 aliphatic rings. The summed E-state index contributed by atoms with van der Waals surface area (Å²) in [5.41, 5.74) is -0.535. The van der Waals surface area contributed by atoms with Gasteiger partial charge in [0.2, 0.25) is 21.7 Å². The molecule has 1 aromatic heterocycles. The molecule has 0 saturated carbocycles. The topological polar surface area (TPSA) is 122 Å². The Morgan fingerprint density at radius 2 is 1.94 bits per heavy atom. The molecule has 166 valence electrons. The fourth-order valence-corrected chi connectivity index (χ4v) is 5.65. The molecule has 0 aliphatic carbocycles. The summed E-state index contributed by atoms with van der Waals surface area (Å²) in [6.07, 6.45) is 2.46. The zero-order valence-corrected chi connectivity index (χ0v) is 17.9. The fourth-order valence-electron chi connectivity index (χ4n) is 4.01. The number of amides is 2. The van der Waals surface area contributed by atoms with Gasteiger partial charge in [0.15, 0.2) is 0 Å². The number of hydrogen-bond acceptors (Lipinski definition) is 7. The molecular formula is C20H24N4O6S. The van der Waals surface area contributed by atoms with Crippen LogP contribution in [0.2, 0.25) is 0 Å². The van der Waals surface area contributed by atoms with Crippen molar-refractivity contribution in [3.63, 3.8) is 0 Å². The van der Waals surface area contributed by atoms with Crippen LogP contribution < -0.4 is 10.1 Å². The maximum Gasteiger partial charge on any atom is 0.292 e. The van der Waals surface area contributed by atoms with Gasteiger partial charge in [-0.1, -0.05) is 17.3 Å². The highest BCUT2D eigenvalue weighted by atomic mass is 32.2. The Hall–Kier alpha value is -2.92. The molecule has 1 fully saturated rings. The van der Waals surface area contributed by atoms with Crippen molar-refractivity contribution in [3.05, 3.63) is 42.3 Å². The van der Waals surface area contributed by atoms with Gasteiger partial charge in [-0.15, -0.1) is 0 Å². The highest BCUT2D eigenvalue weighted by Gasteiger charge is 2.44. The molecule has 0 unspecified atom stereocenters. The summed E-state index contributed by atoms with van der Waals surface area (Å²) in [5, 5.41) is 6.07. The molecule has 31 heavy (non-hydrogen) atoms. The van der Waals surface area contributed by atoms with Crippen LogP contribution in [0.25, 0.3) is 0 Å². The van der Waals surface area contributed by atoms with Gasteiger partial charge >= 0.3 is 0 Å². The molecule has 2 aromatic rings. The minimum atomic E-state index is -3.94. The second-order valence-electron chi connectivity index (χ2n) is 7.85. The van der Waals surface area contributed by atoms with Gasteiger partial charge in [0, 0.05) is 38.2 Å². The molecule has 11 heteroatoms. The van der Waals surface area contributed by atoms with Crippen LogP contribution in [0, 0.1) is 5.41 Å². The summed E-state index contributed by atoms with van der Waals surface area (Å²) in [4.78, 5) is 26.4. The van der Waals surface area contributed by atoms with Gasteiger partial charge in [-0.3, -0.25) is 9.59 Å². The summed E-state index contributed by atoms with van der Waals surface area (Å²) in [5.74, 6) is -0.207. The molecule has 2 aliphatic heterocycles. The van der Waals surface area contributed by atoms with Gasteiger partial charge in [-0.05, 0) is 25.0 Å². The van der Waals surface area contributed by atoms with E-state index >= 15 is 0 Å². The summed E-state index contributed by atoms with van der Waals surface area (Å²) in [6, 6.07) is 7.96. The van der Waals surface area contributed by atoms with E-state index in [1.807, 2.05) is 0 Å². The van der Waals surface area contributed by atoms with Crippen molar-refractivity contribution < 1.29 is 27.3 Å². The van der Waals surface area contributed by atoms with E-state index in [1.165, 1.54) is 29.7 Å². The predicted octanol–water partition coefficient (Wildman–Crippen LogP) is 0.726. The van der Waals surface area contributed by atoms with Crippen molar-refractivity contribution in [1.82, 2.24) is 19.7 Å². The summed E-state index contributed by atoms with van der Waals surface area (Å²) >= 11 is 0. The maximum absolute atomic E-state index is 13.4. The van der Waals surface area contributed by atoms with Crippen molar-refractivity contribution in [1.29, 1.82) is 0 Å². The largest absolute Gasteiger partial charge is 0.492 e. The Morgan fingerprint density at radius 3 is 2.61 bits per heavy atom. The van der Waals surface area contributed by atoms with Crippen LogP contribution in [-0.4, -0.2) is 74.4 Å². The zero-order valence-electron chi connectivity index (χ0n) is 17.1. The van der Waals surface area contributed by atoms with E-state index in [9.17, 15) is 18.0 Å². The number of hydrogen-bond donors (Lipinski definition) is 1. The first-order valence-electron chi connectivity index (χ1n) is 9.97. The molecule has 0 radical (unpaired) electrons. The summed E-state index contributed by atoms with van der Waals surface area (Å²) < 4.78 is 38.9.